The van der Waals surface area contributed by atoms with E-state index >= 15 is 0 Å². The Morgan fingerprint density at radius 3 is 2.44 bits per heavy atom. The van der Waals surface area contributed by atoms with Gasteiger partial charge in [-0.1, -0.05) is 30.3 Å². The van der Waals surface area contributed by atoms with Crippen molar-refractivity contribution in [1.29, 1.82) is 0 Å². The number of aromatic amines is 1. The number of carbonyl (C=O) groups is 2. The average molecular weight is 364 g/mol. The van der Waals surface area contributed by atoms with E-state index in [4.69, 9.17) is 0 Å². The SMILES string of the molecule is Cc1[nH]c2ccccc2c1C(=O)NCc1ccc(NC(=O)NC(C)C)cc1. The number of hydrogen-bond donors (Lipinski definition) is 4. The zero-order chi connectivity index (χ0) is 19.4. The topological polar surface area (TPSA) is 86.0 Å². The van der Waals surface area contributed by atoms with Crippen LogP contribution in [0.15, 0.2) is 48.5 Å². The van der Waals surface area contributed by atoms with Crippen LogP contribution in [0.3, 0.4) is 0 Å². The van der Waals surface area contributed by atoms with Crippen molar-refractivity contribution in [2.45, 2.75) is 33.4 Å². The molecule has 1 aromatic heterocycles. The molecule has 0 aliphatic rings. The molecule has 0 fully saturated rings. The van der Waals surface area contributed by atoms with Crippen molar-refractivity contribution in [2.24, 2.45) is 0 Å². The monoisotopic (exact) mass is 364 g/mol. The van der Waals surface area contributed by atoms with Gasteiger partial charge in [-0.25, -0.2) is 4.79 Å². The molecule has 2 aromatic carbocycles. The lowest BCUT2D eigenvalue weighted by atomic mass is 10.1. The number of amides is 3. The zero-order valence-electron chi connectivity index (χ0n) is 15.7. The van der Waals surface area contributed by atoms with Gasteiger partial charge in [-0.2, -0.15) is 0 Å². The van der Waals surface area contributed by atoms with E-state index in [0.717, 1.165) is 22.2 Å². The van der Waals surface area contributed by atoms with Crippen molar-refractivity contribution < 1.29 is 9.59 Å². The average Bonchev–Trinajstić information content (AvgIpc) is 2.96. The summed E-state index contributed by atoms with van der Waals surface area (Å²) >= 11 is 0. The molecular formula is C21H24N4O2. The predicted octanol–water partition coefficient (Wildman–Crippen LogP) is 3.94. The van der Waals surface area contributed by atoms with Gasteiger partial charge in [0.1, 0.15) is 0 Å². The lowest BCUT2D eigenvalue weighted by Gasteiger charge is -2.11. The van der Waals surface area contributed by atoms with E-state index in [2.05, 4.69) is 20.9 Å². The molecule has 140 valence electrons. The summed E-state index contributed by atoms with van der Waals surface area (Å²) in [6, 6.07) is 15.0. The van der Waals surface area contributed by atoms with Crippen LogP contribution < -0.4 is 16.0 Å². The first-order chi connectivity index (χ1) is 12.9. The van der Waals surface area contributed by atoms with Gasteiger partial charge in [0.2, 0.25) is 0 Å². The van der Waals surface area contributed by atoms with Crippen molar-refractivity contribution in [3.63, 3.8) is 0 Å². The number of nitrogens with one attached hydrogen (secondary N) is 4. The number of rotatable bonds is 5. The molecule has 3 aromatic rings. The smallest absolute Gasteiger partial charge is 0.319 e. The van der Waals surface area contributed by atoms with Gasteiger partial charge in [0.15, 0.2) is 0 Å². The number of aromatic nitrogens is 1. The molecule has 0 aliphatic heterocycles. The van der Waals surface area contributed by atoms with Crippen molar-refractivity contribution in [3.05, 3.63) is 65.4 Å². The Morgan fingerprint density at radius 2 is 1.74 bits per heavy atom. The molecule has 0 bridgehead atoms. The molecule has 4 N–H and O–H groups in total. The van der Waals surface area contributed by atoms with Crippen LogP contribution in [0.2, 0.25) is 0 Å². The van der Waals surface area contributed by atoms with Crippen molar-refractivity contribution in [2.75, 3.05) is 5.32 Å². The summed E-state index contributed by atoms with van der Waals surface area (Å²) in [6.45, 7) is 6.12. The van der Waals surface area contributed by atoms with E-state index in [1.807, 2.05) is 69.3 Å². The van der Waals surface area contributed by atoms with E-state index in [-0.39, 0.29) is 18.0 Å². The maximum Gasteiger partial charge on any atom is 0.319 e. The van der Waals surface area contributed by atoms with Gasteiger partial charge in [-0.05, 0) is 44.5 Å². The third-order valence-corrected chi connectivity index (χ3v) is 4.21. The first-order valence-electron chi connectivity index (χ1n) is 8.96. The lowest BCUT2D eigenvalue weighted by molar-refractivity contribution is 0.0952. The molecule has 0 atom stereocenters. The van der Waals surface area contributed by atoms with E-state index in [9.17, 15) is 9.59 Å². The molecule has 6 heteroatoms. The molecule has 0 unspecified atom stereocenters. The summed E-state index contributed by atoms with van der Waals surface area (Å²) in [5.41, 5.74) is 4.14. The molecule has 0 radical (unpaired) electrons. The summed E-state index contributed by atoms with van der Waals surface area (Å²) in [4.78, 5) is 27.6. The van der Waals surface area contributed by atoms with Gasteiger partial charge in [0.25, 0.3) is 5.91 Å². The van der Waals surface area contributed by atoms with Crippen molar-refractivity contribution in [1.82, 2.24) is 15.6 Å². The zero-order valence-corrected chi connectivity index (χ0v) is 15.7. The standard InChI is InChI=1S/C21H24N4O2/c1-13(2)23-21(27)25-16-10-8-15(9-11-16)12-22-20(26)19-14(3)24-18-7-5-4-6-17(18)19/h4-11,13,24H,12H2,1-3H3,(H,22,26)(H2,23,25,27). The van der Waals surface area contributed by atoms with E-state index in [1.54, 1.807) is 0 Å². The first kappa shape index (κ1) is 18.5. The molecule has 3 amide bonds. The quantitative estimate of drug-likeness (QED) is 0.553. The predicted molar refractivity (Wildman–Crippen MR) is 108 cm³/mol. The Kier molecular flexibility index (Phi) is 5.45. The van der Waals surface area contributed by atoms with Gasteiger partial charge in [-0.3, -0.25) is 4.79 Å². The van der Waals surface area contributed by atoms with Crippen LogP contribution in [0.1, 0.15) is 35.5 Å². The minimum absolute atomic E-state index is 0.0763. The summed E-state index contributed by atoms with van der Waals surface area (Å²) in [5, 5.41) is 9.43. The second-order valence-corrected chi connectivity index (χ2v) is 6.80. The minimum Gasteiger partial charge on any atom is -0.358 e. The highest BCUT2D eigenvalue weighted by Crippen LogP contribution is 2.21. The van der Waals surface area contributed by atoms with Gasteiger partial charge in [0.05, 0.1) is 5.56 Å². The second-order valence-electron chi connectivity index (χ2n) is 6.80. The lowest BCUT2D eigenvalue weighted by Crippen LogP contribution is -2.34. The van der Waals surface area contributed by atoms with Crippen LogP contribution in [-0.4, -0.2) is 23.0 Å². The molecule has 1 heterocycles. The molecule has 0 saturated carbocycles. The summed E-state index contributed by atoms with van der Waals surface area (Å²) < 4.78 is 0. The fraction of sp³-hybridized carbons (Fsp3) is 0.238. The highest BCUT2D eigenvalue weighted by Gasteiger charge is 2.15. The number of urea groups is 1. The fourth-order valence-electron chi connectivity index (χ4n) is 2.98. The molecule has 0 aliphatic carbocycles. The molecule has 0 saturated heterocycles. The van der Waals surface area contributed by atoms with Crippen LogP contribution in [0.5, 0.6) is 0 Å². The third-order valence-electron chi connectivity index (χ3n) is 4.21. The Labute approximate surface area is 158 Å². The number of H-pyrrole nitrogens is 1. The van der Waals surface area contributed by atoms with Gasteiger partial charge >= 0.3 is 6.03 Å². The number of fused-ring (bicyclic) bond motifs is 1. The highest BCUT2D eigenvalue weighted by molar-refractivity contribution is 6.08. The maximum absolute atomic E-state index is 12.6. The van der Waals surface area contributed by atoms with E-state index < -0.39 is 0 Å². The summed E-state index contributed by atoms with van der Waals surface area (Å²) in [6.07, 6.45) is 0. The van der Waals surface area contributed by atoms with E-state index in [0.29, 0.717) is 17.8 Å². The third kappa shape index (κ3) is 4.47. The van der Waals surface area contributed by atoms with Crippen LogP contribution in [0.25, 0.3) is 10.9 Å². The molecule has 6 nitrogen and oxygen atoms in total. The number of aryl methyl sites for hydroxylation is 1. The van der Waals surface area contributed by atoms with Crippen LogP contribution in [-0.2, 0) is 6.54 Å². The molecule has 0 spiro atoms. The van der Waals surface area contributed by atoms with Crippen LogP contribution in [0, 0.1) is 6.92 Å². The van der Waals surface area contributed by atoms with Gasteiger partial charge in [0, 0.05) is 34.9 Å². The Bertz CT molecular complexity index is 958. The first-order valence-corrected chi connectivity index (χ1v) is 8.96. The summed E-state index contributed by atoms with van der Waals surface area (Å²) in [7, 11) is 0. The number of para-hydroxylation sites is 1. The normalized spacial score (nSPS) is 10.8. The molecular weight excluding hydrogens is 340 g/mol. The number of anilines is 1. The Morgan fingerprint density at radius 1 is 1.04 bits per heavy atom. The summed E-state index contributed by atoms with van der Waals surface area (Å²) in [5.74, 6) is -0.108. The number of benzene rings is 2. The highest BCUT2D eigenvalue weighted by atomic mass is 16.2. The van der Waals surface area contributed by atoms with Crippen LogP contribution >= 0.6 is 0 Å². The van der Waals surface area contributed by atoms with Gasteiger partial charge < -0.3 is 20.9 Å². The number of hydrogen-bond acceptors (Lipinski definition) is 2. The molecule has 3 rings (SSSR count). The van der Waals surface area contributed by atoms with Crippen molar-refractivity contribution in [3.8, 4) is 0 Å². The second kappa shape index (κ2) is 7.95. The van der Waals surface area contributed by atoms with Crippen LogP contribution in [0.4, 0.5) is 10.5 Å². The fourth-order valence-corrected chi connectivity index (χ4v) is 2.98. The minimum atomic E-state index is -0.235. The van der Waals surface area contributed by atoms with E-state index in [1.165, 1.54) is 0 Å². The van der Waals surface area contributed by atoms with Crippen molar-refractivity contribution >= 4 is 28.5 Å². The maximum atomic E-state index is 12.6. The molecule has 27 heavy (non-hydrogen) atoms. The Balaban J connectivity index is 1.62. The largest absolute Gasteiger partial charge is 0.358 e. The number of carbonyl (C=O) groups excluding carboxylic acids is 2. The van der Waals surface area contributed by atoms with Gasteiger partial charge in [-0.15, -0.1) is 0 Å². The Hall–Kier alpha value is -3.28.